The van der Waals surface area contributed by atoms with Crippen molar-refractivity contribution in [1.82, 2.24) is 0 Å². The Balaban J connectivity index is 1.96. The molecule has 0 aliphatic rings. The molecular formula is C23H28INO3. The van der Waals surface area contributed by atoms with Gasteiger partial charge >= 0.3 is 0 Å². The van der Waals surface area contributed by atoms with Crippen LogP contribution in [0.4, 0.5) is 5.69 Å². The molecule has 0 bridgehead atoms. The minimum atomic E-state index is -0.167. The summed E-state index contributed by atoms with van der Waals surface area (Å²) in [6, 6.07) is 11.6. The summed E-state index contributed by atoms with van der Waals surface area (Å²) in [4.78, 5) is 12.2. The van der Waals surface area contributed by atoms with Gasteiger partial charge in [-0.15, -0.1) is 0 Å². The van der Waals surface area contributed by atoms with Crippen LogP contribution in [0.3, 0.4) is 0 Å². The highest BCUT2D eigenvalue weighted by molar-refractivity contribution is 14.1. The molecule has 0 saturated carbocycles. The molecule has 0 radical (unpaired) electrons. The first kappa shape index (κ1) is 22.3. The van der Waals surface area contributed by atoms with E-state index in [9.17, 15) is 4.79 Å². The first-order valence-corrected chi connectivity index (χ1v) is 10.7. The second-order valence-electron chi connectivity index (χ2n) is 6.60. The summed E-state index contributed by atoms with van der Waals surface area (Å²) in [5.41, 5.74) is 2.74. The van der Waals surface area contributed by atoms with Crippen LogP contribution in [0.25, 0.3) is 6.08 Å². The smallest absolute Gasteiger partial charge is 0.248 e. The number of hydrogen-bond donors (Lipinski definition) is 1. The number of halogens is 1. The normalized spacial score (nSPS) is 10.9. The largest absolute Gasteiger partial charge is 0.493 e. The van der Waals surface area contributed by atoms with Crippen molar-refractivity contribution < 1.29 is 14.3 Å². The summed E-state index contributed by atoms with van der Waals surface area (Å²) < 4.78 is 12.4. The van der Waals surface area contributed by atoms with Gasteiger partial charge in [0.05, 0.1) is 13.7 Å². The highest BCUT2D eigenvalue weighted by Gasteiger charge is 2.06. The van der Waals surface area contributed by atoms with Gasteiger partial charge in [-0.2, -0.15) is 0 Å². The van der Waals surface area contributed by atoms with Gasteiger partial charge in [0, 0.05) is 15.3 Å². The van der Waals surface area contributed by atoms with Crippen molar-refractivity contribution in [3.8, 4) is 11.5 Å². The van der Waals surface area contributed by atoms with Gasteiger partial charge in [-0.05, 0) is 83.5 Å². The molecule has 0 spiro atoms. The van der Waals surface area contributed by atoms with Crippen molar-refractivity contribution in [2.75, 3.05) is 19.0 Å². The molecule has 150 valence electrons. The standard InChI is InChI=1S/C23H28INO3/c1-4-5-6-7-14-28-21-12-8-18(16-22(21)27-3)9-13-23(26)25-20-11-10-19(24)15-17(20)2/h8-13,15-16H,4-7,14H2,1-3H3,(H,25,26). The SMILES string of the molecule is CCCCCCOc1ccc(C=CC(=O)Nc2ccc(I)cc2C)cc1OC. The van der Waals surface area contributed by atoms with Gasteiger partial charge in [-0.3, -0.25) is 4.79 Å². The zero-order valence-electron chi connectivity index (χ0n) is 16.8. The van der Waals surface area contributed by atoms with Crippen LogP contribution in [-0.4, -0.2) is 19.6 Å². The molecule has 0 unspecified atom stereocenters. The molecule has 4 nitrogen and oxygen atoms in total. The Morgan fingerprint density at radius 3 is 2.64 bits per heavy atom. The maximum atomic E-state index is 12.2. The Morgan fingerprint density at radius 2 is 1.93 bits per heavy atom. The third kappa shape index (κ3) is 7.19. The van der Waals surface area contributed by atoms with E-state index in [-0.39, 0.29) is 5.91 Å². The second-order valence-corrected chi connectivity index (χ2v) is 7.85. The number of rotatable bonds is 10. The number of amides is 1. The minimum Gasteiger partial charge on any atom is -0.493 e. The number of methoxy groups -OCH3 is 1. The Labute approximate surface area is 181 Å². The number of carbonyl (C=O) groups is 1. The van der Waals surface area contributed by atoms with Crippen LogP contribution < -0.4 is 14.8 Å². The molecule has 0 atom stereocenters. The summed E-state index contributed by atoms with van der Waals surface area (Å²) in [5.74, 6) is 1.24. The van der Waals surface area contributed by atoms with Crippen molar-refractivity contribution in [3.63, 3.8) is 0 Å². The Morgan fingerprint density at radius 1 is 1.11 bits per heavy atom. The number of benzene rings is 2. The number of unbranched alkanes of at least 4 members (excludes halogenated alkanes) is 3. The molecule has 0 aliphatic carbocycles. The fraction of sp³-hybridized carbons (Fsp3) is 0.348. The highest BCUT2D eigenvalue weighted by atomic mass is 127. The predicted molar refractivity (Wildman–Crippen MR) is 124 cm³/mol. The van der Waals surface area contributed by atoms with Gasteiger partial charge in [0.2, 0.25) is 5.91 Å². The van der Waals surface area contributed by atoms with Crippen LogP contribution in [0.5, 0.6) is 11.5 Å². The van der Waals surface area contributed by atoms with Gasteiger partial charge in [0.25, 0.3) is 0 Å². The van der Waals surface area contributed by atoms with Crippen LogP contribution in [0.2, 0.25) is 0 Å². The van der Waals surface area contributed by atoms with E-state index < -0.39 is 0 Å². The van der Waals surface area contributed by atoms with E-state index in [0.29, 0.717) is 12.4 Å². The first-order valence-electron chi connectivity index (χ1n) is 9.59. The predicted octanol–water partition coefficient (Wildman–Crippen LogP) is 6.22. The summed E-state index contributed by atoms with van der Waals surface area (Å²) in [6.45, 7) is 4.86. The molecule has 2 rings (SSSR count). The van der Waals surface area contributed by atoms with Crippen LogP contribution >= 0.6 is 22.6 Å². The third-order valence-corrected chi connectivity index (χ3v) is 4.99. The number of aryl methyl sites for hydroxylation is 1. The Kier molecular flexibility index (Phi) is 9.34. The number of nitrogens with one attached hydrogen (secondary N) is 1. The van der Waals surface area contributed by atoms with Crippen LogP contribution in [0, 0.1) is 10.5 Å². The molecular weight excluding hydrogens is 465 g/mol. The van der Waals surface area contributed by atoms with E-state index in [4.69, 9.17) is 9.47 Å². The zero-order valence-corrected chi connectivity index (χ0v) is 18.9. The lowest BCUT2D eigenvalue weighted by Crippen LogP contribution is -2.08. The van der Waals surface area contributed by atoms with E-state index in [1.165, 1.54) is 25.3 Å². The second kappa shape index (κ2) is 11.7. The fourth-order valence-electron chi connectivity index (χ4n) is 2.73. The minimum absolute atomic E-state index is 0.167. The maximum Gasteiger partial charge on any atom is 0.248 e. The van der Waals surface area contributed by atoms with Gasteiger partial charge < -0.3 is 14.8 Å². The Bertz CT molecular complexity index is 817. The van der Waals surface area contributed by atoms with E-state index in [1.807, 2.05) is 43.3 Å². The summed E-state index contributed by atoms with van der Waals surface area (Å²) >= 11 is 2.25. The van der Waals surface area contributed by atoms with E-state index in [0.717, 1.165) is 32.6 Å². The molecule has 28 heavy (non-hydrogen) atoms. The molecule has 2 aromatic rings. The lowest BCUT2D eigenvalue weighted by atomic mass is 10.1. The van der Waals surface area contributed by atoms with Gasteiger partial charge in [0.1, 0.15) is 0 Å². The number of anilines is 1. The maximum absolute atomic E-state index is 12.2. The third-order valence-electron chi connectivity index (χ3n) is 4.32. The Hall–Kier alpha value is -2.02. The lowest BCUT2D eigenvalue weighted by molar-refractivity contribution is -0.111. The number of hydrogen-bond acceptors (Lipinski definition) is 3. The van der Waals surface area contributed by atoms with Gasteiger partial charge in [0.15, 0.2) is 11.5 Å². The molecule has 0 fully saturated rings. The summed E-state index contributed by atoms with van der Waals surface area (Å²) in [5, 5.41) is 2.91. The lowest BCUT2D eigenvalue weighted by Gasteiger charge is -2.11. The van der Waals surface area contributed by atoms with Crippen LogP contribution in [0.15, 0.2) is 42.5 Å². The molecule has 1 N–H and O–H groups in total. The first-order chi connectivity index (χ1) is 13.5. The van der Waals surface area contributed by atoms with Crippen molar-refractivity contribution in [2.45, 2.75) is 39.5 Å². The fourth-order valence-corrected chi connectivity index (χ4v) is 3.38. The molecule has 2 aromatic carbocycles. The topological polar surface area (TPSA) is 47.6 Å². The van der Waals surface area contributed by atoms with Crippen molar-refractivity contribution in [1.29, 1.82) is 0 Å². The van der Waals surface area contributed by atoms with Crippen molar-refractivity contribution in [2.24, 2.45) is 0 Å². The molecule has 1 amide bonds. The summed E-state index contributed by atoms with van der Waals surface area (Å²) in [7, 11) is 1.62. The molecule has 0 aliphatic heterocycles. The van der Waals surface area contributed by atoms with Gasteiger partial charge in [-0.25, -0.2) is 0 Å². The average molecular weight is 493 g/mol. The van der Waals surface area contributed by atoms with E-state index >= 15 is 0 Å². The number of ether oxygens (including phenoxy) is 2. The molecule has 5 heteroatoms. The monoisotopic (exact) mass is 493 g/mol. The zero-order chi connectivity index (χ0) is 20.4. The van der Waals surface area contributed by atoms with Crippen LogP contribution in [-0.2, 0) is 4.79 Å². The molecule has 0 heterocycles. The highest BCUT2D eigenvalue weighted by Crippen LogP contribution is 2.29. The molecule has 0 aromatic heterocycles. The number of carbonyl (C=O) groups excluding carboxylic acids is 1. The van der Waals surface area contributed by atoms with Crippen molar-refractivity contribution >= 4 is 40.3 Å². The quantitative estimate of drug-likeness (QED) is 0.243. The van der Waals surface area contributed by atoms with E-state index in [2.05, 4.69) is 34.8 Å². The van der Waals surface area contributed by atoms with E-state index in [1.54, 1.807) is 13.2 Å². The summed E-state index contributed by atoms with van der Waals surface area (Å²) in [6.07, 6.45) is 7.95. The average Bonchev–Trinajstić information content (AvgIpc) is 2.69. The molecule has 0 saturated heterocycles. The van der Waals surface area contributed by atoms with Crippen molar-refractivity contribution in [3.05, 3.63) is 57.2 Å². The van der Waals surface area contributed by atoms with Crippen LogP contribution in [0.1, 0.15) is 43.7 Å². The van der Waals surface area contributed by atoms with Gasteiger partial charge in [-0.1, -0.05) is 32.3 Å².